The number of esters is 1. The highest BCUT2D eigenvalue weighted by atomic mass is 32.1. The molecule has 0 radical (unpaired) electrons. The highest BCUT2D eigenvalue weighted by Crippen LogP contribution is 2.33. The van der Waals surface area contributed by atoms with Crippen LogP contribution in [0.15, 0.2) is 52.9 Å². The van der Waals surface area contributed by atoms with Crippen molar-refractivity contribution in [3.05, 3.63) is 69.7 Å². The summed E-state index contributed by atoms with van der Waals surface area (Å²) < 4.78 is 11.7. The van der Waals surface area contributed by atoms with Crippen LogP contribution in [-0.4, -0.2) is 34.7 Å². The third-order valence-corrected chi connectivity index (χ3v) is 5.38. The second-order valence-corrected chi connectivity index (χ2v) is 7.11. The summed E-state index contributed by atoms with van der Waals surface area (Å²) in [6.07, 6.45) is 3.28. The van der Waals surface area contributed by atoms with Gasteiger partial charge in [-0.05, 0) is 30.7 Å². The van der Waals surface area contributed by atoms with Crippen molar-refractivity contribution in [3.8, 4) is 22.0 Å². The number of nitrogens with zero attached hydrogens (tertiary/aromatic N) is 3. The zero-order chi connectivity index (χ0) is 20.5. The van der Waals surface area contributed by atoms with Gasteiger partial charge in [-0.25, -0.2) is 9.78 Å². The smallest absolute Gasteiger partial charge is 0.340 e. The Balaban J connectivity index is 2.13. The predicted molar refractivity (Wildman–Crippen MR) is 111 cm³/mol. The van der Waals surface area contributed by atoms with E-state index in [1.54, 1.807) is 62.1 Å². The van der Waals surface area contributed by atoms with Gasteiger partial charge in [-0.2, -0.15) is 0 Å². The molecule has 29 heavy (non-hydrogen) atoms. The molecule has 0 N–H and O–H groups in total. The first-order chi connectivity index (χ1) is 14.0. The fourth-order valence-corrected chi connectivity index (χ4v) is 3.90. The number of hydrogen-bond donors (Lipinski definition) is 0. The quantitative estimate of drug-likeness (QED) is 0.481. The molecule has 0 spiro atoms. The van der Waals surface area contributed by atoms with Gasteiger partial charge in [0.1, 0.15) is 5.75 Å². The number of carbonyl (C=O) groups excluding carboxylic acids is 1. The maximum absolute atomic E-state index is 13.4. The molecule has 0 saturated carbocycles. The number of pyridine rings is 2. The van der Waals surface area contributed by atoms with E-state index >= 15 is 0 Å². The third kappa shape index (κ3) is 3.17. The van der Waals surface area contributed by atoms with Crippen molar-refractivity contribution in [1.82, 2.24) is 14.5 Å². The summed E-state index contributed by atoms with van der Waals surface area (Å²) in [4.78, 5) is 34.8. The van der Waals surface area contributed by atoms with Crippen molar-refractivity contribution in [2.24, 2.45) is 0 Å². The number of aryl methyl sites for hydroxylation is 1. The molecule has 0 aliphatic heterocycles. The molecule has 4 rings (SSSR count). The first-order valence-electron chi connectivity index (χ1n) is 8.73. The summed E-state index contributed by atoms with van der Waals surface area (Å²) in [7, 11) is 2.89. The van der Waals surface area contributed by atoms with Crippen LogP contribution in [0.5, 0.6) is 5.75 Å². The summed E-state index contributed by atoms with van der Waals surface area (Å²) in [5.41, 5.74) is 2.12. The number of fused-ring (bicyclic) bond motifs is 1. The van der Waals surface area contributed by atoms with Crippen LogP contribution in [0.4, 0.5) is 0 Å². The summed E-state index contributed by atoms with van der Waals surface area (Å²) in [6, 6.07) is 8.92. The zero-order valence-electron chi connectivity index (χ0n) is 16.0. The number of carbonyl (C=O) groups is 1. The predicted octanol–water partition coefficient (Wildman–Crippen LogP) is 3.61. The molecule has 3 heterocycles. The van der Waals surface area contributed by atoms with Crippen LogP contribution in [0, 0.1) is 6.92 Å². The van der Waals surface area contributed by atoms with Crippen LogP contribution < -0.4 is 10.3 Å². The molecule has 0 fully saturated rings. The van der Waals surface area contributed by atoms with Gasteiger partial charge in [0.25, 0.3) is 5.56 Å². The molecule has 7 nitrogen and oxygen atoms in total. The molecule has 0 aliphatic carbocycles. The normalized spacial score (nSPS) is 10.9. The number of ether oxygens (including phenoxy) is 2. The van der Waals surface area contributed by atoms with Gasteiger partial charge in [0.05, 0.1) is 36.4 Å². The molecule has 0 amide bonds. The lowest BCUT2D eigenvalue weighted by atomic mass is 9.95. The fourth-order valence-electron chi connectivity index (χ4n) is 3.28. The highest BCUT2D eigenvalue weighted by molar-refractivity contribution is 7.12. The zero-order valence-corrected chi connectivity index (χ0v) is 16.8. The molecule has 0 atom stereocenters. The molecule has 0 saturated heterocycles. The molecule has 146 valence electrons. The van der Waals surface area contributed by atoms with E-state index in [2.05, 4.69) is 9.97 Å². The first kappa shape index (κ1) is 18.8. The van der Waals surface area contributed by atoms with Gasteiger partial charge in [0.2, 0.25) is 0 Å². The van der Waals surface area contributed by atoms with Crippen molar-refractivity contribution < 1.29 is 14.3 Å². The first-order valence-corrected chi connectivity index (χ1v) is 9.61. The Morgan fingerprint density at radius 2 is 1.90 bits per heavy atom. The van der Waals surface area contributed by atoms with Crippen molar-refractivity contribution in [2.75, 3.05) is 14.2 Å². The minimum atomic E-state index is -0.549. The van der Waals surface area contributed by atoms with Crippen LogP contribution in [0.1, 0.15) is 16.1 Å². The molecular formula is C21H17N3O4S. The molecular weight excluding hydrogens is 390 g/mol. The summed E-state index contributed by atoms with van der Waals surface area (Å²) in [6.45, 7) is 1.73. The minimum absolute atomic E-state index is 0.263. The third-order valence-electron chi connectivity index (χ3n) is 4.61. The Bertz CT molecular complexity index is 1260. The Labute approximate surface area is 170 Å². The van der Waals surface area contributed by atoms with Crippen LogP contribution in [0.2, 0.25) is 0 Å². The number of hydrogen-bond acceptors (Lipinski definition) is 7. The summed E-state index contributed by atoms with van der Waals surface area (Å²) >= 11 is 1.35. The van der Waals surface area contributed by atoms with Crippen molar-refractivity contribution in [2.45, 2.75) is 6.92 Å². The second kappa shape index (κ2) is 7.48. The number of aromatic nitrogens is 3. The van der Waals surface area contributed by atoms with E-state index in [1.165, 1.54) is 23.0 Å². The lowest BCUT2D eigenvalue weighted by Crippen LogP contribution is -2.20. The van der Waals surface area contributed by atoms with Gasteiger partial charge in [-0.1, -0.05) is 12.1 Å². The van der Waals surface area contributed by atoms with Crippen molar-refractivity contribution in [1.29, 1.82) is 0 Å². The van der Waals surface area contributed by atoms with Crippen LogP contribution in [0.3, 0.4) is 0 Å². The largest absolute Gasteiger partial charge is 0.497 e. The second-order valence-electron chi connectivity index (χ2n) is 6.23. The standard InChI is InChI=1S/C21H17N3O4S/c1-12-16(20(26)28-3)17(13-4-6-14(27-2)7-5-13)18-15(23-12)8-10-24(19(18)25)21-22-9-11-29-21/h4-11H,1-3H3. The molecule has 0 bridgehead atoms. The van der Waals surface area contributed by atoms with Gasteiger partial charge >= 0.3 is 5.97 Å². The van der Waals surface area contributed by atoms with Gasteiger partial charge < -0.3 is 9.47 Å². The number of benzene rings is 1. The SMILES string of the molecule is COC(=O)c1c(C)nc2ccn(-c3nccs3)c(=O)c2c1-c1ccc(OC)cc1. The van der Waals surface area contributed by atoms with Crippen LogP contribution >= 0.6 is 11.3 Å². The van der Waals surface area contributed by atoms with E-state index in [0.29, 0.717) is 38.6 Å². The van der Waals surface area contributed by atoms with E-state index in [4.69, 9.17) is 9.47 Å². The van der Waals surface area contributed by atoms with E-state index in [0.717, 1.165) is 0 Å². The Morgan fingerprint density at radius 1 is 1.14 bits per heavy atom. The Kier molecular flexibility index (Phi) is 4.85. The van der Waals surface area contributed by atoms with Gasteiger partial charge in [-0.3, -0.25) is 14.3 Å². The van der Waals surface area contributed by atoms with Crippen LogP contribution in [0.25, 0.3) is 27.2 Å². The number of methoxy groups -OCH3 is 2. The Hall–Kier alpha value is -3.52. The topological polar surface area (TPSA) is 83.3 Å². The van der Waals surface area contributed by atoms with E-state index in [1.807, 2.05) is 0 Å². The van der Waals surface area contributed by atoms with Gasteiger partial charge in [0.15, 0.2) is 5.13 Å². The van der Waals surface area contributed by atoms with Gasteiger partial charge in [-0.15, -0.1) is 11.3 Å². The van der Waals surface area contributed by atoms with E-state index in [-0.39, 0.29) is 11.1 Å². The maximum Gasteiger partial charge on any atom is 0.340 e. The number of thiazole rings is 1. The summed E-state index contributed by atoms with van der Waals surface area (Å²) in [5, 5.41) is 2.67. The molecule has 0 aliphatic rings. The fraction of sp³-hybridized carbons (Fsp3) is 0.143. The summed E-state index contributed by atoms with van der Waals surface area (Å²) in [5.74, 6) is 0.121. The van der Waals surface area contributed by atoms with Crippen molar-refractivity contribution >= 4 is 28.2 Å². The molecule has 0 unspecified atom stereocenters. The number of rotatable bonds is 4. The van der Waals surface area contributed by atoms with Gasteiger partial charge in [0, 0.05) is 23.3 Å². The minimum Gasteiger partial charge on any atom is -0.497 e. The monoisotopic (exact) mass is 407 g/mol. The van der Waals surface area contributed by atoms with E-state index in [9.17, 15) is 9.59 Å². The molecule has 8 heteroatoms. The maximum atomic E-state index is 13.4. The highest BCUT2D eigenvalue weighted by Gasteiger charge is 2.24. The average Bonchev–Trinajstić information content (AvgIpc) is 3.27. The lowest BCUT2D eigenvalue weighted by molar-refractivity contribution is 0.0600. The Morgan fingerprint density at radius 3 is 2.52 bits per heavy atom. The average molecular weight is 407 g/mol. The molecule has 3 aromatic heterocycles. The lowest BCUT2D eigenvalue weighted by Gasteiger charge is -2.15. The molecule has 1 aromatic carbocycles. The van der Waals surface area contributed by atoms with E-state index < -0.39 is 5.97 Å². The van der Waals surface area contributed by atoms with Crippen molar-refractivity contribution in [3.63, 3.8) is 0 Å². The van der Waals surface area contributed by atoms with Crippen LogP contribution in [-0.2, 0) is 4.74 Å². The molecule has 4 aromatic rings.